The van der Waals surface area contributed by atoms with E-state index in [0.717, 1.165) is 19.0 Å². The normalized spacial score (nSPS) is 13.1. The van der Waals surface area contributed by atoms with Gasteiger partial charge in [-0.15, -0.1) is 0 Å². The predicted octanol–water partition coefficient (Wildman–Crippen LogP) is 3.26. The Labute approximate surface area is 107 Å². The molecule has 2 rings (SSSR count). The van der Waals surface area contributed by atoms with Crippen molar-refractivity contribution >= 4 is 22.7 Å². The van der Waals surface area contributed by atoms with E-state index in [4.69, 9.17) is 0 Å². The average Bonchev–Trinajstić information content (AvgIpc) is 2.76. The molecule has 0 radical (unpaired) electrons. The Morgan fingerprint density at radius 3 is 3.06 bits per heavy atom. The van der Waals surface area contributed by atoms with Gasteiger partial charge in [0.15, 0.2) is 0 Å². The van der Waals surface area contributed by atoms with Gasteiger partial charge in [-0.05, 0) is 47.6 Å². The largest absolute Gasteiger partial charge is 0.361 e. The number of thioether (sulfide) groups is 1. The maximum absolute atomic E-state index is 3.52. The number of hydrogen-bond acceptors (Lipinski definition) is 2. The summed E-state index contributed by atoms with van der Waals surface area (Å²) in [4.78, 5) is 3.25. The lowest BCUT2D eigenvalue weighted by Crippen LogP contribution is -2.21. The van der Waals surface area contributed by atoms with Crippen LogP contribution in [0.4, 0.5) is 0 Å². The molecular formula is C14H20N2S. The van der Waals surface area contributed by atoms with Crippen LogP contribution in [0.5, 0.6) is 0 Å². The van der Waals surface area contributed by atoms with Crippen LogP contribution in [0.25, 0.3) is 10.9 Å². The van der Waals surface area contributed by atoms with Crippen molar-refractivity contribution in [1.29, 1.82) is 0 Å². The summed E-state index contributed by atoms with van der Waals surface area (Å²) in [6, 6.07) is 8.70. The fourth-order valence-electron chi connectivity index (χ4n) is 2.01. The maximum atomic E-state index is 3.52. The molecule has 0 amide bonds. The lowest BCUT2D eigenvalue weighted by Gasteiger charge is -2.11. The number of nitrogens with one attached hydrogen (secondary N) is 2. The Morgan fingerprint density at radius 1 is 1.35 bits per heavy atom. The first-order valence-electron chi connectivity index (χ1n) is 6.05. The predicted molar refractivity (Wildman–Crippen MR) is 77.6 cm³/mol. The Kier molecular flexibility index (Phi) is 4.51. The van der Waals surface area contributed by atoms with Gasteiger partial charge < -0.3 is 10.3 Å². The van der Waals surface area contributed by atoms with Gasteiger partial charge in [-0.3, -0.25) is 0 Å². The molecule has 2 nitrogen and oxygen atoms in total. The molecule has 17 heavy (non-hydrogen) atoms. The quantitative estimate of drug-likeness (QED) is 0.821. The first kappa shape index (κ1) is 12.5. The number of aromatic nitrogens is 1. The van der Waals surface area contributed by atoms with Gasteiger partial charge in [0.05, 0.1) is 0 Å². The molecular weight excluding hydrogens is 228 g/mol. The molecule has 1 heterocycles. The molecule has 2 N–H and O–H groups in total. The molecule has 0 aliphatic heterocycles. The number of rotatable bonds is 6. The minimum Gasteiger partial charge on any atom is -0.361 e. The van der Waals surface area contributed by atoms with E-state index in [0.29, 0.717) is 0 Å². The van der Waals surface area contributed by atoms with E-state index in [1.807, 2.05) is 18.0 Å². The number of benzene rings is 1. The van der Waals surface area contributed by atoms with Crippen LogP contribution in [0.1, 0.15) is 12.5 Å². The second-order valence-electron chi connectivity index (χ2n) is 4.59. The Balaban J connectivity index is 1.86. The molecule has 0 bridgehead atoms. The third kappa shape index (κ3) is 3.51. The Morgan fingerprint density at radius 2 is 2.24 bits per heavy atom. The zero-order chi connectivity index (χ0) is 12.1. The van der Waals surface area contributed by atoms with Crippen molar-refractivity contribution in [3.8, 4) is 0 Å². The fraction of sp³-hybridized carbons (Fsp3) is 0.429. The van der Waals surface area contributed by atoms with Crippen molar-refractivity contribution in [2.24, 2.45) is 5.92 Å². The number of fused-ring (bicyclic) bond motifs is 1. The summed E-state index contributed by atoms with van der Waals surface area (Å²) in [7, 11) is 0. The molecule has 3 heteroatoms. The molecule has 0 fully saturated rings. The average molecular weight is 248 g/mol. The molecule has 0 saturated carbocycles. The molecule has 0 aliphatic carbocycles. The van der Waals surface area contributed by atoms with Crippen molar-refractivity contribution in [3.05, 3.63) is 36.0 Å². The summed E-state index contributed by atoms with van der Waals surface area (Å²) in [5.41, 5.74) is 2.57. The minimum absolute atomic E-state index is 0.735. The number of hydrogen-bond donors (Lipinski definition) is 2. The SMILES string of the molecule is CSCC(C)CNCc1ccc2cc[nH]c2c1. The van der Waals surface area contributed by atoms with Crippen LogP contribution in [-0.4, -0.2) is 23.5 Å². The first-order chi connectivity index (χ1) is 8.29. The molecule has 92 valence electrons. The van der Waals surface area contributed by atoms with Gasteiger partial charge in [-0.1, -0.05) is 19.1 Å². The summed E-state index contributed by atoms with van der Waals surface area (Å²) in [5.74, 6) is 1.96. The van der Waals surface area contributed by atoms with Crippen LogP contribution in [-0.2, 0) is 6.54 Å². The highest BCUT2D eigenvalue weighted by Gasteiger charge is 2.01. The fourth-order valence-corrected chi connectivity index (χ4v) is 2.70. The zero-order valence-corrected chi connectivity index (χ0v) is 11.3. The molecule has 0 spiro atoms. The van der Waals surface area contributed by atoms with Crippen molar-refractivity contribution in [3.63, 3.8) is 0 Å². The second-order valence-corrected chi connectivity index (χ2v) is 5.50. The highest BCUT2D eigenvalue weighted by molar-refractivity contribution is 7.98. The molecule has 1 atom stereocenters. The minimum atomic E-state index is 0.735. The molecule has 2 aromatic rings. The summed E-state index contributed by atoms with van der Waals surface area (Å²) in [5, 5.41) is 4.80. The number of aromatic amines is 1. The van der Waals surface area contributed by atoms with Gasteiger partial charge in [0, 0.05) is 18.3 Å². The van der Waals surface area contributed by atoms with Crippen molar-refractivity contribution in [2.45, 2.75) is 13.5 Å². The third-order valence-electron chi connectivity index (χ3n) is 2.89. The Hall–Kier alpha value is -0.930. The van der Waals surface area contributed by atoms with Crippen LogP contribution in [0.15, 0.2) is 30.5 Å². The van der Waals surface area contributed by atoms with Gasteiger partial charge in [0.25, 0.3) is 0 Å². The molecule has 1 aromatic heterocycles. The second kappa shape index (κ2) is 6.12. The third-order valence-corrected chi connectivity index (χ3v) is 3.79. The summed E-state index contributed by atoms with van der Waals surface area (Å²) in [6.07, 6.45) is 4.15. The highest BCUT2D eigenvalue weighted by atomic mass is 32.2. The van der Waals surface area contributed by atoms with Crippen LogP contribution >= 0.6 is 11.8 Å². The zero-order valence-electron chi connectivity index (χ0n) is 10.5. The monoisotopic (exact) mass is 248 g/mol. The van der Waals surface area contributed by atoms with Gasteiger partial charge in [-0.2, -0.15) is 11.8 Å². The first-order valence-corrected chi connectivity index (χ1v) is 7.44. The van der Waals surface area contributed by atoms with E-state index in [2.05, 4.69) is 47.7 Å². The van der Waals surface area contributed by atoms with Crippen molar-refractivity contribution in [2.75, 3.05) is 18.6 Å². The van der Waals surface area contributed by atoms with Crippen LogP contribution in [0.3, 0.4) is 0 Å². The number of H-pyrrole nitrogens is 1. The summed E-state index contributed by atoms with van der Waals surface area (Å²) < 4.78 is 0. The van der Waals surface area contributed by atoms with E-state index in [1.54, 1.807) is 0 Å². The van der Waals surface area contributed by atoms with E-state index >= 15 is 0 Å². The van der Waals surface area contributed by atoms with Crippen molar-refractivity contribution in [1.82, 2.24) is 10.3 Å². The van der Waals surface area contributed by atoms with Crippen LogP contribution in [0.2, 0.25) is 0 Å². The lowest BCUT2D eigenvalue weighted by atomic mass is 10.1. The van der Waals surface area contributed by atoms with E-state index in [-0.39, 0.29) is 0 Å². The Bertz CT molecular complexity index is 464. The summed E-state index contributed by atoms with van der Waals surface area (Å²) in [6.45, 7) is 4.33. The molecule has 0 saturated heterocycles. The van der Waals surface area contributed by atoms with Gasteiger partial charge in [0.2, 0.25) is 0 Å². The van der Waals surface area contributed by atoms with Crippen LogP contribution < -0.4 is 5.32 Å². The van der Waals surface area contributed by atoms with Crippen LogP contribution in [0, 0.1) is 5.92 Å². The molecule has 1 aromatic carbocycles. The maximum Gasteiger partial charge on any atom is 0.0457 e. The van der Waals surface area contributed by atoms with Gasteiger partial charge in [-0.25, -0.2) is 0 Å². The lowest BCUT2D eigenvalue weighted by molar-refractivity contribution is 0.559. The molecule has 0 aliphatic rings. The summed E-state index contributed by atoms with van der Waals surface area (Å²) >= 11 is 1.91. The van der Waals surface area contributed by atoms with E-state index in [9.17, 15) is 0 Å². The van der Waals surface area contributed by atoms with Crippen molar-refractivity contribution < 1.29 is 0 Å². The topological polar surface area (TPSA) is 27.8 Å². The molecule has 1 unspecified atom stereocenters. The van der Waals surface area contributed by atoms with Gasteiger partial charge >= 0.3 is 0 Å². The van der Waals surface area contributed by atoms with E-state index < -0.39 is 0 Å². The standard InChI is InChI=1S/C14H20N2S/c1-11(10-17-2)8-15-9-12-3-4-13-5-6-16-14(13)7-12/h3-7,11,15-16H,8-10H2,1-2H3. The van der Waals surface area contributed by atoms with E-state index in [1.165, 1.54) is 22.2 Å². The van der Waals surface area contributed by atoms with Gasteiger partial charge in [0.1, 0.15) is 0 Å². The highest BCUT2D eigenvalue weighted by Crippen LogP contribution is 2.14. The smallest absolute Gasteiger partial charge is 0.0457 e.